The molecule has 0 aromatic rings. The number of methoxy groups -OCH3 is 2. The Labute approximate surface area is 178 Å². The SMILES string of the molecule is COC(=O)C12CCCC(C(=O)OC)(CC13SCCCS3)C1(C2)SCCCS1. The van der Waals surface area contributed by atoms with Crippen molar-refractivity contribution >= 4 is 59.0 Å². The largest absolute Gasteiger partial charge is 0.469 e. The first kappa shape index (κ1) is 20.6. The molecule has 8 heteroatoms. The molecule has 5 aliphatic rings. The van der Waals surface area contributed by atoms with Crippen LogP contribution in [-0.4, -0.2) is 57.3 Å². The summed E-state index contributed by atoms with van der Waals surface area (Å²) in [5, 5.41) is 0. The van der Waals surface area contributed by atoms with Crippen LogP contribution in [0.4, 0.5) is 0 Å². The summed E-state index contributed by atoms with van der Waals surface area (Å²) in [6.45, 7) is 0. The Morgan fingerprint density at radius 1 is 0.667 bits per heavy atom. The van der Waals surface area contributed by atoms with Crippen molar-refractivity contribution < 1.29 is 19.1 Å². The molecule has 0 N–H and O–H groups in total. The summed E-state index contributed by atoms with van der Waals surface area (Å²) >= 11 is 7.66. The molecule has 2 saturated heterocycles. The first-order chi connectivity index (χ1) is 13.0. The number of thioether (sulfide) groups is 4. The van der Waals surface area contributed by atoms with Crippen LogP contribution in [-0.2, 0) is 19.1 Å². The maximum absolute atomic E-state index is 13.4. The molecule has 2 aliphatic heterocycles. The standard InChI is InChI=1S/C19H28O4S4/c1-22-14(20)16-6-3-7-17(15(21)23-2,13-18(16)24-8-4-9-25-18)19(12-16)26-10-5-11-27-19/h3-13H2,1-2H3. The zero-order chi connectivity index (χ0) is 19.2. The summed E-state index contributed by atoms with van der Waals surface area (Å²) in [6, 6.07) is 0. The Morgan fingerprint density at radius 3 is 1.37 bits per heavy atom. The van der Waals surface area contributed by atoms with Crippen LogP contribution in [0.1, 0.15) is 44.9 Å². The lowest BCUT2D eigenvalue weighted by atomic mass is 9.63. The lowest BCUT2D eigenvalue weighted by Gasteiger charge is -2.62. The molecule has 0 aromatic carbocycles. The van der Waals surface area contributed by atoms with Gasteiger partial charge in [-0.25, -0.2) is 0 Å². The number of ether oxygens (including phenoxy) is 2. The van der Waals surface area contributed by atoms with Crippen LogP contribution in [0.15, 0.2) is 0 Å². The van der Waals surface area contributed by atoms with Crippen molar-refractivity contribution in [2.24, 2.45) is 10.8 Å². The molecule has 0 amide bonds. The van der Waals surface area contributed by atoms with Crippen LogP contribution in [0, 0.1) is 10.8 Å². The number of hydrogen-bond acceptors (Lipinski definition) is 8. The molecule has 2 spiro atoms. The fraction of sp³-hybridized carbons (Fsp3) is 0.895. The maximum atomic E-state index is 13.4. The Balaban J connectivity index is 1.90. The number of carbonyl (C=O) groups excluding carboxylic acids is 2. The summed E-state index contributed by atoms with van der Waals surface area (Å²) in [5.41, 5.74) is -1.02. The second-order valence-corrected chi connectivity index (χ2v) is 14.1. The number of carbonyl (C=O) groups is 2. The maximum Gasteiger partial charge on any atom is 0.314 e. The molecule has 2 bridgehead atoms. The van der Waals surface area contributed by atoms with Gasteiger partial charge in [0.15, 0.2) is 0 Å². The molecule has 2 heterocycles. The molecule has 27 heavy (non-hydrogen) atoms. The molecule has 2 unspecified atom stereocenters. The van der Waals surface area contributed by atoms with Gasteiger partial charge in [-0.2, -0.15) is 0 Å². The minimum Gasteiger partial charge on any atom is -0.469 e. The van der Waals surface area contributed by atoms with Gasteiger partial charge in [0, 0.05) is 0 Å². The van der Waals surface area contributed by atoms with Gasteiger partial charge < -0.3 is 9.47 Å². The van der Waals surface area contributed by atoms with E-state index in [-0.39, 0.29) is 20.1 Å². The first-order valence-corrected chi connectivity index (χ1v) is 13.7. The topological polar surface area (TPSA) is 52.6 Å². The van der Waals surface area contributed by atoms with E-state index >= 15 is 0 Å². The number of esters is 2. The summed E-state index contributed by atoms with van der Waals surface area (Å²) < 4.78 is 10.3. The van der Waals surface area contributed by atoms with Crippen molar-refractivity contribution in [2.45, 2.75) is 53.1 Å². The highest BCUT2D eigenvalue weighted by molar-refractivity contribution is 8.19. The van der Waals surface area contributed by atoms with Crippen LogP contribution < -0.4 is 0 Å². The molecule has 3 saturated carbocycles. The first-order valence-electron chi connectivity index (χ1n) is 9.73. The summed E-state index contributed by atoms with van der Waals surface area (Å²) in [4.78, 5) is 26.7. The number of fused-ring (bicyclic) bond motifs is 2. The zero-order valence-electron chi connectivity index (χ0n) is 16.0. The minimum atomic E-state index is -0.511. The van der Waals surface area contributed by atoms with Crippen LogP contribution in [0.2, 0.25) is 0 Å². The quantitative estimate of drug-likeness (QED) is 0.576. The van der Waals surface area contributed by atoms with Gasteiger partial charge in [-0.3, -0.25) is 9.59 Å². The van der Waals surface area contributed by atoms with E-state index in [1.807, 2.05) is 47.0 Å². The highest BCUT2D eigenvalue weighted by Gasteiger charge is 2.75. The zero-order valence-corrected chi connectivity index (χ0v) is 19.3. The van der Waals surface area contributed by atoms with E-state index in [9.17, 15) is 9.59 Å². The van der Waals surface area contributed by atoms with Gasteiger partial charge in [0.2, 0.25) is 0 Å². The highest BCUT2D eigenvalue weighted by atomic mass is 32.2. The van der Waals surface area contributed by atoms with E-state index in [4.69, 9.17) is 9.47 Å². The van der Waals surface area contributed by atoms with E-state index in [0.29, 0.717) is 0 Å². The lowest BCUT2D eigenvalue weighted by molar-refractivity contribution is -0.163. The van der Waals surface area contributed by atoms with Gasteiger partial charge in [0.25, 0.3) is 0 Å². The summed E-state index contributed by atoms with van der Waals surface area (Å²) in [5.74, 6) is 4.09. The van der Waals surface area contributed by atoms with Gasteiger partial charge in [-0.15, -0.1) is 47.0 Å². The van der Waals surface area contributed by atoms with Gasteiger partial charge in [-0.1, -0.05) is 6.42 Å². The molecule has 152 valence electrons. The average molecular weight is 449 g/mol. The van der Waals surface area contributed by atoms with Crippen molar-refractivity contribution in [1.29, 1.82) is 0 Å². The summed E-state index contributed by atoms with van der Waals surface area (Å²) in [7, 11) is 3.06. The lowest BCUT2D eigenvalue weighted by Crippen LogP contribution is -2.65. The minimum absolute atomic E-state index is 0.0593. The molecule has 0 aromatic heterocycles. The van der Waals surface area contributed by atoms with E-state index in [2.05, 4.69) is 0 Å². The Bertz CT molecular complexity index is 563. The van der Waals surface area contributed by atoms with Crippen molar-refractivity contribution in [3.63, 3.8) is 0 Å². The Hall–Kier alpha value is 0.340. The van der Waals surface area contributed by atoms with E-state index in [1.165, 1.54) is 14.2 Å². The molecule has 0 radical (unpaired) electrons. The fourth-order valence-electron chi connectivity index (χ4n) is 5.61. The molecule has 4 nitrogen and oxygen atoms in total. The molecule has 5 fully saturated rings. The smallest absolute Gasteiger partial charge is 0.314 e. The van der Waals surface area contributed by atoms with Crippen LogP contribution >= 0.6 is 47.0 Å². The second kappa shape index (κ2) is 7.55. The Morgan fingerprint density at radius 2 is 1.04 bits per heavy atom. The Kier molecular flexibility index (Phi) is 5.76. The highest BCUT2D eigenvalue weighted by Crippen LogP contribution is 2.76. The third-order valence-electron chi connectivity index (χ3n) is 6.80. The van der Waals surface area contributed by atoms with Crippen LogP contribution in [0.5, 0.6) is 0 Å². The summed E-state index contributed by atoms with van der Waals surface area (Å²) in [6.07, 6.45) is 6.31. The van der Waals surface area contributed by atoms with Gasteiger partial charge in [0.1, 0.15) is 0 Å². The van der Waals surface area contributed by atoms with Gasteiger partial charge in [0.05, 0.1) is 33.2 Å². The molecule has 5 rings (SSSR count). The van der Waals surface area contributed by atoms with E-state index in [0.717, 1.165) is 68.0 Å². The predicted molar refractivity (Wildman–Crippen MR) is 117 cm³/mol. The fourth-order valence-corrected chi connectivity index (χ4v) is 13.6. The monoisotopic (exact) mass is 448 g/mol. The average Bonchev–Trinajstić information content (AvgIpc) is 2.93. The van der Waals surface area contributed by atoms with Crippen molar-refractivity contribution in [2.75, 3.05) is 37.2 Å². The van der Waals surface area contributed by atoms with E-state index < -0.39 is 10.8 Å². The third-order valence-corrected chi connectivity index (χ3v) is 14.2. The normalized spacial score (nSPS) is 37.0. The molecule has 2 atom stereocenters. The number of rotatable bonds is 2. The molecule has 3 aliphatic carbocycles. The van der Waals surface area contributed by atoms with Gasteiger partial charge >= 0.3 is 11.9 Å². The number of hydrogen-bond donors (Lipinski definition) is 0. The van der Waals surface area contributed by atoms with Crippen LogP contribution in [0.25, 0.3) is 0 Å². The second-order valence-electron chi connectivity index (χ2n) is 7.96. The molecular formula is C19H28O4S4. The van der Waals surface area contributed by atoms with Crippen molar-refractivity contribution in [3.05, 3.63) is 0 Å². The molecular weight excluding hydrogens is 420 g/mol. The van der Waals surface area contributed by atoms with Crippen molar-refractivity contribution in [1.82, 2.24) is 0 Å². The van der Waals surface area contributed by atoms with E-state index in [1.54, 1.807) is 0 Å². The van der Waals surface area contributed by atoms with Crippen molar-refractivity contribution in [3.8, 4) is 0 Å². The predicted octanol–water partition coefficient (Wildman–Crippen LogP) is 4.42. The van der Waals surface area contributed by atoms with Gasteiger partial charge in [-0.05, 0) is 61.5 Å². The third kappa shape index (κ3) is 2.82. The van der Waals surface area contributed by atoms with Crippen LogP contribution in [0.3, 0.4) is 0 Å².